The highest BCUT2D eigenvalue weighted by molar-refractivity contribution is 5.17. The van der Waals surface area contributed by atoms with E-state index in [-0.39, 0.29) is 6.61 Å². The zero-order valence-corrected chi connectivity index (χ0v) is 9.01. The van der Waals surface area contributed by atoms with E-state index in [1.165, 1.54) is 12.1 Å². The maximum Gasteiger partial charge on any atom is 0.131 e. The summed E-state index contributed by atoms with van der Waals surface area (Å²) in [7, 11) is 0. The van der Waals surface area contributed by atoms with Crippen LogP contribution in [-0.4, -0.2) is 19.7 Å². The van der Waals surface area contributed by atoms with Crippen molar-refractivity contribution in [3.63, 3.8) is 0 Å². The summed E-state index contributed by atoms with van der Waals surface area (Å²) in [4.78, 5) is 0. The van der Waals surface area contributed by atoms with Crippen molar-refractivity contribution < 1.29 is 13.5 Å². The van der Waals surface area contributed by atoms with Crippen LogP contribution in [0.5, 0.6) is 0 Å². The van der Waals surface area contributed by atoms with Gasteiger partial charge in [-0.25, -0.2) is 8.78 Å². The van der Waals surface area contributed by atoms with Crippen LogP contribution in [-0.2, 0) is 11.3 Å². The van der Waals surface area contributed by atoms with Gasteiger partial charge in [-0.2, -0.15) is 0 Å². The SMILES string of the molecule is Fc1ccc(COC[C@H]2CCNC2)c(F)c1. The van der Waals surface area contributed by atoms with Crippen molar-refractivity contribution in [2.24, 2.45) is 5.92 Å². The van der Waals surface area contributed by atoms with Crippen molar-refractivity contribution in [3.05, 3.63) is 35.4 Å². The van der Waals surface area contributed by atoms with Gasteiger partial charge in [0.15, 0.2) is 0 Å². The minimum absolute atomic E-state index is 0.211. The van der Waals surface area contributed by atoms with E-state index in [0.29, 0.717) is 18.1 Å². The van der Waals surface area contributed by atoms with E-state index in [1.54, 1.807) is 0 Å². The molecule has 1 aromatic rings. The van der Waals surface area contributed by atoms with Gasteiger partial charge < -0.3 is 10.1 Å². The first-order chi connectivity index (χ1) is 7.75. The van der Waals surface area contributed by atoms with E-state index in [0.717, 1.165) is 25.6 Å². The molecule has 0 aliphatic carbocycles. The van der Waals surface area contributed by atoms with Gasteiger partial charge in [0.25, 0.3) is 0 Å². The Morgan fingerprint density at radius 1 is 1.38 bits per heavy atom. The number of hydrogen-bond acceptors (Lipinski definition) is 2. The molecule has 0 saturated carbocycles. The minimum Gasteiger partial charge on any atom is -0.376 e. The molecule has 0 radical (unpaired) electrons. The molecular weight excluding hydrogens is 212 g/mol. The van der Waals surface area contributed by atoms with Crippen LogP contribution in [0.1, 0.15) is 12.0 Å². The lowest BCUT2D eigenvalue weighted by Gasteiger charge is -2.09. The van der Waals surface area contributed by atoms with Gasteiger partial charge in [0.05, 0.1) is 13.2 Å². The zero-order chi connectivity index (χ0) is 11.4. The zero-order valence-electron chi connectivity index (χ0n) is 9.01. The second-order valence-electron chi connectivity index (χ2n) is 4.11. The quantitative estimate of drug-likeness (QED) is 0.850. The van der Waals surface area contributed by atoms with Crippen molar-refractivity contribution in [1.29, 1.82) is 0 Å². The highest BCUT2D eigenvalue weighted by atomic mass is 19.1. The summed E-state index contributed by atoms with van der Waals surface area (Å²) >= 11 is 0. The second kappa shape index (κ2) is 5.37. The smallest absolute Gasteiger partial charge is 0.131 e. The van der Waals surface area contributed by atoms with Crippen molar-refractivity contribution >= 4 is 0 Å². The first-order valence-electron chi connectivity index (χ1n) is 5.48. The fourth-order valence-corrected chi connectivity index (χ4v) is 1.83. The molecule has 0 aromatic heterocycles. The number of ether oxygens (including phenoxy) is 1. The van der Waals surface area contributed by atoms with Crippen molar-refractivity contribution in [1.82, 2.24) is 5.32 Å². The standard InChI is InChI=1S/C12H15F2NO/c13-11-2-1-10(12(14)5-11)8-16-7-9-3-4-15-6-9/h1-2,5,9,15H,3-4,6-8H2/t9-/m0/s1. The molecular formula is C12H15F2NO. The van der Waals surface area contributed by atoms with Crippen LogP contribution in [0.4, 0.5) is 8.78 Å². The summed E-state index contributed by atoms with van der Waals surface area (Å²) in [5, 5.41) is 3.24. The Hall–Kier alpha value is -1.00. The molecule has 1 saturated heterocycles. The molecule has 88 valence electrons. The maximum atomic E-state index is 13.2. The summed E-state index contributed by atoms with van der Waals surface area (Å²) < 4.78 is 31.3. The van der Waals surface area contributed by atoms with Gasteiger partial charge in [-0.05, 0) is 24.9 Å². The molecule has 1 aliphatic heterocycles. The van der Waals surface area contributed by atoms with Crippen molar-refractivity contribution in [3.8, 4) is 0 Å². The van der Waals surface area contributed by atoms with Crippen LogP contribution < -0.4 is 5.32 Å². The largest absolute Gasteiger partial charge is 0.376 e. The average Bonchev–Trinajstić information content (AvgIpc) is 2.74. The Bertz CT molecular complexity index is 351. The lowest BCUT2D eigenvalue weighted by atomic mass is 10.1. The Morgan fingerprint density at radius 3 is 2.94 bits per heavy atom. The van der Waals surface area contributed by atoms with Gasteiger partial charge in [-0.3, -0.25) is 0 Å². The summed E-state index contributed by atoms with van der Waals surface area (Å²) in [6.07, 6.45) is 1.10. The average molecular weight is 227 g/mol. The van der Waals surface area contributed by atoms with Crippen LogP contribution in [0, 0.1) is 17.6 Å². The molecule has 16 heavy (non-hydrogen) atoms. The lowest BCUT2D eigenvalue weighted by Crippen LogP contribution is -2.14. The summed E-state index contributed by atoms with van der Waals surface area (Å²) in [6.45, 7) is 2.83. The molecule has 1 fully saturated rings. The predicted octanol–water partition coefficient (Wildman–Crippen LogP) is 2.09. The van der Waals surface area contributed by atoms with Crippen molar-refractivity contribution in [2.75, 3.05) is 19.7 Å². The van der Waals surface area contributed by atoms with Gasteiger partial charge in [0, 0.05) is 18.2 Å². The van der Waals surface area contributed by atoms with E-state index < -0.39 is 11.6 Å². The Kier molecular flexibility index (Phi) is 3.85. The molecule has 0 bridgehead atoms. The van der Waals surface area contributed by atoms with Gasteiger partial charge in [-0.1, -0.05) is 6.07 Å². The molecule has 1 N–H and O–H groups in total. The lowest BCUT2D eigenvalue weighted by molar-refractivity contribution is 0.0904. The van der Waals surface area contributed by atoms with Crippen LogP contribution in [0.15, 0.2) is 18.2 Å². The molecule has 0 unspecified atom stereocenters. The summed E-state index contributed by atoms with van der Waals surface area (Å²) in [6, 6.07) is 3.56. The van der Waals surface area contributed by atoms with Crippen LogP contribution >= 0.6 is 0 Å². The number of hydrogen-bond donors (Lipinski definition) is 1. The van der Waals surface area contributed by atoms with Gasteiger partial charge in [0.1, 0.15) is 11.6 Å². The van der Waals surface area contributed by atoms with E-state index >= 15 is 0 Å². The van der Waals surface area contributed by atoms with E-state index in [9.17, 15) is 8.78 Å². The Morgan fingerprint density at radius 2 is 2.25 bits per heavy atom. The topological polar surface area (TPSA) is 21.3 Å². The number of nitrogens with one attached hydrogen (secondary N) is 1. The third kappa shape index (κ3) is 3.00. The molecule has 1 aromatic carbocycles. The molecule has 1 atom stereocenters. The van der Waals surface area contributed by atoms with Crippen molar-refractivity contribution in [2.45, 2.75) is 13.0 Å². The molecule has 2 rings (SSSR count). The van der Waals surface area contributed by atoms with Crippen LogP contribution in [0.3, 0.4) is 0 Å². The van der Waals surface area contributed by atoms with Crippen LogP contribution in [0.25, 0.3) is 0 Å². The Balaban J connectivity index is 1.80. The molecule has 1 heterocycles. The monoisotopic (exact) mass is 227 g/mol. The maximum absolute atomic E-state index is 13.2. The highest BCUT2D eigenvalue weighted by Crippen LogP contribution is 2.13. The Labute approximate surface area is 93.6 Å². The third-order valence-electron chi connectivity index (χ3n) is 2.79. The first-order valence-corrected chi connectivity index (χ1v) is 5.48. The third-order valence-corrected chi connectivity index (χ3v) is 2.79. The van der Waals surface area contributed by atoms with E-state index in [2.05, 4.69) is 5.32 Å². The number of rotatable bonds is 4. The number of benzene rings is 1. The minimum atomic E-state index is -0.554. The van der Waals surface area contributed by atoms with Gasteiger partial charge >= 0.3 is 0 Å². The summed E-state index contributed by atoms with van der Waals surface area (Å²) in [5.74, 6) is -0.575. The normalized spacial score (nSPS) is 20.2. The highest BCUT2D eigenvalue weighted by Gasteiger charge is 2.14. The van der Waals surface area contributed by atoms with E-state index in [4.69, 9.17) is 4.74 Å². The molecule has 1 aliphatic rings. The molecule has 0 spiro atoms. The fraction of sp³-hybridized carbons (Fsp3) is 0.500. The second-order valence-corrected chi connectivity index (χ2v) is 4.11. The summed E-state index contributed by atoms with van der Waals surface area (Å²) in [5.41, 5.74) is 0.410. The first kappa shape index (κ1) is 11.5. The van der Waals surface area contributed by atoms with Gasteiger partial charge in [0.2, 0.25) is 0 Å². The fourth-order valence-electron chi connectivity index (χ4n) is 1.83. The molecule has 0 amide bonds. The molecule has 2 nitrogen and oxygen atoms in total. The molecule has 4 heteroatoms. The van der Waals surface area contributed by atoms with Crippen LogP contribution in [0.2, 0.25) is 0 Å². The predicted molar refractivity (Wildman–Crippen MR) is 57.0 cm³/mol. The van der Waals surface area contributed by atoms with Gasteiger partial charge in [-0.15, -0.1) is 0 Å². The number of halogens is 2. The van der Waals surface area contributed by atoms with E-state index in [1.807, 2.05) is 0 Å².